The van der Waals surface area contributed by atoms with Gasteiger partial charge in [0.25, 0.3) is 0 Å². The van der Waals surface area contributed by atoms with E-state index < -0.39 is 5.60 Å². The highest BCUT2D eigenvalue weighted by Crippen LogP contribution is 2.30. The standard InChI is InChI=1S/C15H27NO4/c1-15(2,3)20-14(18)16(4)12-8-6-11(7-9-12)10-13(17)19-5/h11-12H,6-10H2,1-5H3. The molecule has 0 saturated heterocycles. The number of nitrogens with zero attached hydrogens (tertiary/aromatic N) is 1. The lowest BCUT2D eigenvalue weighted by molar-refractivity contribution is -0.142. The zero-order valence-electron chi connectivity index (χ0n) is 13.3. The van der Waals surface area contributed by atoms with Crippen molar-refractivity contribution in [3.05, 3.63) is 0 Å². The molecule has 1 rings (SSSR count). The van der Waals surface area contributed by atoms with E-state index in [0.717, 1.165) is 25.7 Å². The molecule has 0 aliphatic heterocycles. The van der Waals surface area contributed by atoms with Crippen molar-refractivity contribution < 1.29 is 19.1 Å². The van der Waals surface area contributed by atoms with Crippen molar-refractivity contribution in [1.82, 2.24) is 4.90 Å². The fraction of sp³-hybridized carbons (Fsp3) is 0.867. The summed E-state index contributed by atoms with van der Waals surface area (Å²) in [4.78, 5) is 24.9. The van der Waals surface area contributed by atoms with Crippen molar-refractivity contribution >= 4 is 12.1 Å². The van der Waals surface area contributed by atoms with E-state index in [-0.39, 0.29) is 18.1 Å². The summed E-state index contributed by atoms with van der Waals surface area (Å²) in [5.41, 5.74) is -0.465. The molecule has 1 saturated carbocycles. The quantitative estimate of drug-likeness (QED) is 0.748. The zero-order chi connectivity index (χ0) is 15.3. The predicted molar refractivity (Wildman–Crippen MR) is 76.4 cm³/mol. The number of carbonyl (C=O) groups excluding carboxylic acids is 2. The average Bonchev–Trinajstić information content (AvgIpc) is 2.36. The first-order chi connectivity index (χ1) is 9.23. The summed E-state index contributed by atoms with van der Waals surface area (Å²) < 4.78 is 10.1. The van der Waals surface area contributed by atoms with Gasteiger partial charge in [0.2, 0.25) is 0 Å². The van der Waals surface area contributed by atoms with Crippen LogP contribution in [0.4, 0.5) is 4.79 Å². The summed E-state index contributed by atoms with van der Waals surface area (Å²) in [5.74, 6) is 0.236. The first-order valence-corrected chi connectivity index (χ1v) is 7.25. The van der Waals surface area contributed by atoms with Gasteiger partial charge in [0, 0.05) is 19.5 Å². The van der Waals surface area contributed by atoms with Crippen LogP contribution in [0.25, 0.3) is 0 Å². The van der Waals surface area contributed by atoms with Gasteiger partial charge in [0.15, 0.2) is 0 Å². The zero-order valence-corrected chi connectivity index (χ0v) is 13.3. The van der Waals surface area contributed by atoms with Crippen LogP contribution in [-0.4, -0.2) is 42.8 Å². The van der Waals surface area contributed by atoms with Crippen LogP contribution < -0.4 is 0 Å². The van der Waals surface area contributed by atoms with Crippen molar-refractivity contribution in [3.8, 4) is 0 Å². The summed E-state index contributed by atoms with van der Waals surface area (Å²) in [5, 5.41) is 0. The summed E-state index contributed by atoms with van der Waals surface area (Å²) in [6.07, 6.45) is 3.95. The topological polar surface area (TPSA) is 55.8 Å². The second kappa shape index (κ2) is 6.95. The van der Waals surface area contributed by atoms with Crippen LogP contribution in [0.15, 0.2) is 0 Å². The number of carbonyl (C=O) groups is 2. The number of hydrogen-bond donors (Lipinski definition) is 0. The molecule has 0 bridgehead atoms. The molecule has 116 valence electrons. The third-order valence-corrected chi connectivity index (χ3v) is 3.73. The summed E-state index contributed by atoms with van der Waals surface area (Å²) in [6.45, 7) is 5.60. The number of methoxy groups -OCH3 is 1. The molecule has 20 heavy (non-hydrogen) atoms. The van der Waals surface area contributed by atoms with Crippen molar-refractivity contribution in [3.63, 3.8) is 0 Å². The molecule has 0 aromatic heterocycles. The molecule has 0 radical (unpaired) electrons. The van der Waals surface area contributed by atoms with Gasteiger partial charge in [0.1, 0.15) is 5.60 Å². The highest BCUT2D eigenvalue weighted by molar-refractivity contribution is 5.69. The predicted octanol–water partition coefficient (Wildman–Crippen LogP) is 2.98. The largest absolute Gasteiger partial charge is 0.469 e. The van der Waals surface area contributed by atoms with Crippen LogP contribution in [0, 0.1) is 5.92 Å². The molecular formula is C15H27NO4. The van der Waals surface area contributed by atoms with E-state index in [2.05, 4.69) is 0 Å². The number of ether oxygens (including phenoxy) is 2. The van der Waals surface area contributed by atoms with Gasteiger partial charge in [-0.15, -0.1) is 0 Å². The Labute approximate surface area is 121 Å². The molecule has 0 heterocycles. The first kappa shape index (κ1) is 16.8. The monoisotopic (exact) mass is 285 g/mol. The Balaban J connectivity index is 2.41. The third-order valence-electron chi connectivity index (χ3n) is 3.73. The molecule has 1 aliphatic carbocycles. The Kier molecular flexibility index (Phi) is 5.84. The van der Waals surface area contributed by atoms with Crippen molar-refractivity contribution in [2.45, 2.75) is 64.5 Å². The maximum atomic E-state index is 12.0. The van der Waals surface area contributed by atoms with Crippen molar-refractivity contribution in [2.75, 3.05) is 14.2 Å². The van der Waals surface area contributed by atoms with Crippen LogP contribution >= 0.6 is 0 Å². The minimum atomic E-state index is -0.465. The van der Waals surface area contributed by atoms with Crippen LogP contribution in [-0.2, 0) is 14.3 Å². The number of hydrogen-bond acceptors (Lipinski definition) is 4. The second-order valence-electron chi connectivity index (χ2n) is 6.55. The highest BCUT2D eigenvalue weighted by Gasteiger charge is 2.30. The minimum absolute atomic E-state index is 0.144. The van der Waals surface area contributed by atoms with E-state index in [1.54, 1.807) is 11.9 Å². The molecular weight excluding hydrogens is 258 g/mol. The van der Waals surface area contributed by atoms with Gasteiger partial charge in [-0.05, 0) is 52.4 Å². The fourth-order valence-corrected chi connectivity index (χ4v) is 2.54. The second-order valence-corrected chi connectivity index (χ2v) is 6.55. The van der Waals surface area contributed by atoms with Crippen LogP contribution in [0.1, 0.15) is 52.9 Å². The van der Waals surface area contributed by atoms with Gasteiger partial charge < -0.3 is 14.4 Å². The van der Waals surface area contributed by atoms with Crippen LogP contribution in [0.5, 0.6) is 0 Å². The Hall–Kier alpha value is -1.26. The first-order valence-electron chi connectivity index (χ1n) is 7.25. The molecule has 0 N–H and O–H groups in total. The Bertz CT molecular complexity index is 340. The van der Waals surface area contributed by atoms with Gasteiger partial charge in [-0.2, -0.15) is 0 Å². The lowest BCUT2D eigenvalue weighted by atomic mass is 9.84. The summed E-state index contributed by atoms with van der Waals surface area (Å²) in [7, 11) is 3.21. The molecule has 1 amide bonds. The van der Waals surface area contributed by atoms with Gasteiger partial charge in [-0.1, -0.05) is 0 Å². The Morgan fingerprint density at radius 1 is 1.15 bits per heavy atom. The van der Waals surface area contributed by atoms with E-state index >= 15 is 0 Å². The van der Waals surface area contributed by atoms with Crippen molar-refractivity contribution in [1.29, 1.82) is 0 Å². The normalized spacial score (nSPS) is 23.1. The molecule has 0 unspecified atom stereocenters. The SMILES string of the molecule is COC(=O)CC1CCC(N(C)C(=O)OC(C)(C)C)CC1. The number of esters is 1. The third kappa shape index (κ3) is 5.39. The molecule has 1 aliphatic rings. The highest BCUT2D eigenvalue weighted by atomic mass is 16.6. The smallest absolute Gasteiger partial charge is 0.410 e. The van der Waals surface area contributed by atoms with E-state index in [4.69, 9.17) is 9.47 Å². The van der Waals surface area contributed by atoms with Crippen LogP contribution in [0.3, 0.4) is 0 Å². The summed E-state index contributed by atoms with van der Waals surface area (Å²) >= 11 is 0. The minimum Gasteiger partial charge on any atom is -0.469 e. The summed E-state index contributed by atoms with van der Waals surface area (Å²) in [6, 6.07) is 0.207. The van der Waals surface area contributed by atoms with E-state index in [0.29, 0.717) is 12.3 Å². The average molecular weight is 285 g/mol. The van der Waals surface area contributed by atoms with E-state index in [1.165, 1.54) is 7.11 Å². The van der Waals surface area contributed by atoms with Gasteiger partial charge in [-0.25, -0.2) is 4.79 Å². The molecule has 1 fully saturated rings. The lowest BCUT2D eigenvalue weighted by Crippen LogP contribution is -2.42. The molecule has 5 heteroatoms. The molecule has 0 aromatic carbocycles. The molecule has 5 nitrogen and oxygen atoms in total. The lowest BCUT2D eigenvalue weighted by Gasteiger charge is -2.35. The van der Waals surface area contributed by atoms with Crippen LogP contribution in [0.2, 0.25) is 0 Å². The van der Waals surface area contributed by atoms with E-state index in [9.17, 15) is 9.59 Å². The van der Waals surface area contributed by atoms with Crippen molar-refractivity contribution in [2.24, 2.45) is 5.92 Å². The molecule has 0 spiro atoms. The maximum absolute atomic E-state index is 12.0. The maximum Gasteiger partial charge on any atom is 0.410 e. The van der Waals surface area contributed by atoms with Gasteiger partial charge in [0.05, 0.1) is 7.11 Å². The number of amides is 1. The number of rotatable bonds is 3. The fourth-order valence-electron chi connectivity index (χ4n) is 2.54. The Morgan fingerprint density at radius 3 is 2.15 bits per heavy atom. The van der Waals surface area contributed by atoms with E-state index in [1.807, 2.05) is 20.8 Å². The van der Waals surface area contributed by atoms with Gasteiger partial charge >= 0.3 is 12.1 Å². The molecule has 0 aromatic rings. The van der Waals surface area contributed by atoms with Gasteiger partial charge in [-0.3, -0.25) is 4.79 Å². The molecule has 0 atom stereocenters. The Morgan fingerprint density at radius 2 is 1.70 bits per heavy atom.